The summed E-state index contributed by atoms with van der Waals surface area (Å²) in [5, 5.41) is 4.54. The molecule has 1 saturated carbocycles. The molecule has 0 spiro atoms. The van der Waals surface area contributed by atoms with E-state index in [1.807, 2.05) is 11.8 Å². The lowest BCUT2D eigenvalue weighted by Gasteiger charge is -2.18. The van der Waals surface area contributed by atoms with Crippen LogP contribution in [-0.4, -0.2) is 24.1 Å². The first-order valence-corrected chi connectivity index (χ1v) is 7.32. The number of rotatable bonds is 8. The minimum atomic E-state index is 0.809. The van der Waals surface area contributed by atoms with Crippen LogP contribution < -0.4 is 5.32 Å². The molecular weight excluding hydrogens is 190 g/mol. The van der Waals surface area contributed by atoms with Crippen molar-refractivity contribution in [3.63, 3.8) is 0 Å². The second-order valence-electron chi connectivity index (χ2n) is 4.52. The molecule has 1 rings (SSSR count). The van der Waals surface area contributed by atoms with Crippen molar-refractivity contribution in [2.75, 3.05) is 12.8 Å². The number of thioether (sulfide) groups is 1. The summed E-state index contributed by atoms with van der Waals surface area (Å²) in [6.07, 6.45) is 9.15. The van der Waals surface area contributed by atoms with Crippen LogP contribution in [0.25, 0.3) is 0 Å². The number of nitrogens with one attached hydrogen (secondary N) is 1. The summed E-state index contributed by atoms with van der Waals surface area (Å²) in [5.41, 5.74) is 0. The Labute approximate surface area is 93.4 Å². The van der Waals surface area contributed by atoms with Crippen LogP contribution in [0.3, 0.4) is 0 Å². The van der Waals surface area contributed by atoms with E-state index in [0.717, 1.165) is 17.2 Å². The molecule has 0 heterocycles. The Kier molecular flexibility index (Phi) is 5.95. The van der Waals surface area contributed by atoms with Gasteiger partial charge in [0.25, 0.3) is 0 Å². The third kappa shape index (κ3) is 4.70. The van der Waals surface area contributed by atoms with Crippen LogP contribution in [0.4, 0.5) is 0 Å². The highest BCUT2D eigenvalue weighted by molar-refractivity contribution is 7.99. The molecule has 1 aliphatic carbocycles. The Hall–Kier alpha value is 0.310. The summed E-state index contributed by atoms with van der Waals surface area (Å²) in [4.78, 5) is 0. The minimum absolute atomic E-state index is 0.809. The first-order valence-electron chi connectivity index (χ1n) is 6.04. The number of hydrogen-bond acceptors (Lipinski definition) is 2. The predicted octanol–water partition coefficient (Wildman–Crippen LogP) is 3.30. The van der Waals surface area contributed by atoms with Gasteiger partial charge in [0.2, 0.25) is 0 Å². The molecule has 1 N–H and O–H groups in total. The standard InChI is InChI=1S/C12H25NS/c1-4-5-12(11-6-7-11)13-9-8-10(2)14-3/h10-13H,4-9H2,1-3H3. The van der Waals surface area contributed by atoms with Crippen LogP contribution in [-0.2, 0) is 0 Å². The highest BCUT2D eigenvalue weighted by atomic mass is 32.2. The van der Waals surface area contributed by atoms with Crippen molar-refractivity contribution in [2.45, 2.75) is 57.2 Å². The molecule has 0 aromatic rings. The second kappa shape index (κ2) is 6.73. The first-order chi connectivity index (χ1) is 6.77. The van der Waals surface area contributed by atoms with E-state index in [2.05, 4.69) is 25.4 Å². The SMILES string of the molecule is CCCC(NCCC(C)SC)C1CC1. The summed E-state index contributed by atoms with van der Waals surface area (Å²) < 4.78 is 0. The largest absolute Gasteiger partial charge is 0.314 e. The van der Waals surface area contributed by atoms with Crippen LogP contribution >= 0.6 is 11.8 Å². The quantitative estimate of drug-likeness (QED) is 0.667. The van der Waals surface area contributed by atoms with Crippen LogP contribution in [0, 0.1) is 5.92 Å². The zero-order chi connectivity index (χ0) is 10.4. The Morgan fingerprint density at radius 2 is 2.07 bits per heavy atom. The van der Waals surface area contributed by atoms with E-state index in [1.54, 1.807) is 0 Å². The van der Waals surface area contributed by atoms with Gasteiger partial charge in [-0.1, -0.05) is 20.3 Å². The zero-order valence-corrected chi connectivity index (χ0v) is 10.7. The first kappa shape index (κ1) is 12.4. The minimum Gasteiger partial charge on any atom is -0.314 e. The van der Waals surface area contributed by atoms with Crippen molar-refractivity contribution in [1.29, 1.82) is 0 Å². The van der Waals surface area contributed by atoms with E-state index in [1.165, 1.54) is 38.6 Å². The molecule has 0 radical (unpaired) electrons. The van der Waals surface area contributed by atoms with Gasteiger partial charge in [0.1, 0.15) is 0 Å². The third-order valence-corrected chi connectivity index (χ3v) is 4.19. The topological polar surface area (TPSA) is 12.0 Å². The second-order valence-corrected chi connectivity index (χ2v) is 5.80. The van der Waals surface area contributed by atoms with Gasteiger partial charge in [-0.3, -0.25) is 0 Å². The highest BCUT2D eigenvalue weighted by Crippen LogP contribution is 2.34. The highest BCUT2D eigenvalue weighted by Gasteiger charge is 2.29. The van der Waals surface area contributed by atoms with Gasteiger partial charge < -0.3 is 5.32 Å². The molecule has 2 unspecified atom stereocenters. The van der Waals surface area contributed by atoms with E-state index in [9.17, 15) is 0 Å². The molecule has 0 aromatic heterocycles. The van der Waals surface area contributed by atoms with Crippen molar-refractivity contribution in [2.24, 2.45) is 5.92 Å². The fourth-order valence-corrected chi connectivity index (χ4v) is 2.26. The monoisotopic (exact) mass is 215 g/mol. The zero-order valence-electron chi connectivity index (χ0n) is 9.88. The van der Waals surface area contributed by atoms with Gasteiger partial charge >= 0.3 is 0 Å². The Morgan fingerprint density at radius 1 is 1.36 bits per heavy atom. The fraction of sp³-hybridized carbons (Fsp3) is 1.00. The summed E-state index contributed by atoms with van der Waals surface area (Å²) in [7, 11) is 0. The maximum Gasteiger partial charge on any atom is 0.00952 e. The van der Waals surface area contributed by atoms with Crippen LogP contribution in [0.2, 0.25) is 0 Å². The average molecular weight is 215 g/mol. The predicted molar refractivity (Wildman–Crippen MR) is 67.0 cm³/mol. The van der Waals surface area contributed by atoms with Crippen LogP contribution in [0.5, 0.6) is 0 Å². The average Bonchev–Trinajstić information content (AvgIpc) is 2.99. The molecule has 0 aliphatic heterocycles. The summed E-state index contributed by atoms with van der Waals surface area (Å²) in [5.74, 6) is 1.01. The molecular formula is C12H25NS. The van der Waals surface area contributed by atoms with Gasteiger partial charge in [0.15, 0.2) is 0 Å². The third-order valence-electron chi connectivity index (χ3n) is 3.15. The molecule has 0 aromatic carbocycles. The molecule has 84 valence electrons. The molecule has 14 heavy (non-hydrogen) atoms. The summed E-state index contributed by atoms with van der Waals surface area (Å²) in [6.45, 7) is 5.82. The van der Waals surface area contributed by atoms with Crippen molar-refractivity contribution in [1.82, 2.24) is 5.32 Å². The Morgan fingerprint density at radius 3 is 2.57 bits per heavy atom. The fourth-order valence-electron chi connectivity index (χ4n) is 1.90. The molecule has 2 heteroatoms. The van der Waals surface area contributed by atoms with Crippen LogP contribution in [0.15, 0.2) is 0 Å². The molecule has 0 amide bonds. The summed E-state index contributed by atoms with van der Waals surface area (Å²) >= 11 is 1.97. The molecule has 0 saturated heterocycles. The van der Waals surface area contributed by atoms with Gasteiger partial charge in [0, 0.05) is 11.3 Å². The lowest BCUT2D eigenvalue weighted by atomic mass is 10.1. The number of hydrogen-bond donors (Lipinski definition) is 1. The lowest BCUT2D eigenvalue weighted by Crippen LogP contribution is -2.32. The van der Waals surface area contributed by atoms with Gasteiger partial charge in [-0.15, -0.1) is 0 Å². The lowest BCUT2D eigenvalue weighted by molar-refractivity contribution is 0.428. The molecule has 1 fully saturated rings. The van der Waals surface area contributed by atoms with Gasteiger partial charge in [-0.2, -0.15) is 11.8 Å². The molecule has 0 bridgehead atoms. The normalized spacial score (nSPS) is 20.8. The Balaban J connectivity index is 2.07. The maximum absolute atomic E-state index is 3.73. The van der Waals surface area contributed by atoms with Gasteiger partial charge in [-0.25, -0.2) is 0 Å². The molecule has 2 atom stereocenters. The van der Waals surface area contributed by atoms with Gasteiger partial charge in [-0.05, 0) is 44.4 Å². The smallest absolute Gasteiger partial charge is 0.00952 e. The molecule has 1 nitrogen and oxygen atoms in total. The van der Waals surface area contributed by atoms with E-state index >= 15 is 0 Å². The van der Waals surface area contributed by atoms with E-state index in [4.69, 9.17) is 0 Å². The van der Waals surface area contributed by atoms with Crippen molar-refractivity contribution < 1.29 is 0 Å². The summed E-state index contributed by atoms with van der Waals surface area (Å²) in [6, 6.07) is 0.828. The van der Waals surface area contributed by atoms with Crippen LogP contribution in [0.1, 0.15) is 46.0 Å². The van der Waals surface area contributed by atoms with Crippen molar-refractivity contribution in [3.8, 4) is 0 Å². The van der Waals surface area contributed by atoms with E-state index < -0.39 is 0 Å². The maximum atomic E-state index is 3.73. The van der Waals surface area contributed by atoms with Gasteiger partial charge in [0.05, 0.1) is 0 Å². The van der Waals surface area contributed by atoms with E-state index in [0.29, 0.717) is 0 Å². The van der Waals surface area contributed by atoms with Crippen molar-refractivity contribution in [3.05, 3.63) is 0 Å². The molecule has 1 aliphatic rings. The Bertz CT molecular complexity index is 145. The van der Waals surface area contributed by atoms with Crippen molar-refractivity contribution >= 4 is 11.8 Å². The van der Waals surface area contributed by atoms with E-state index in [-0.39, 0.29) is 0 Å².